The van der Waals surface area contributed by atoms with Gasteiger partial charge >= 0.3 is 0 Å². The number of hydrogen-bond donors (Lipinski definition) is 1. The van der Waals surface area contributed by atoms with Gasteiger partial charge in [-0.1, -0.05) is 66.7 Å². The molecule has 5 nitrogen and oxygen atoms in total. The fourth-order valence-corrected chi connectivity index (χ4v) is 4.51. The normalized spacial score (nSPS) is 17.2. The van der Waals surface area contributed by atoms with Gasteiger partial charge in [0.2, 0.25) is 5.91 Å². The molecule has 31 heavy (non-hydrogen) atoms. The largest absolute Gasteiger partial charge is 0.457 e. The molecule has 5 rings (SSSR count). The Morgan fingerprint density at radius 1 is 0.871 bits per heavy atom. The molecule has 1 N–H and O–H groups in total. The van der Waals surface area contributed by atoms with Gasteiger partial charge in [0.1, 0.15) is 11.5 Å². The Morgan fingerprint density at radius 3 is 2.10 bits per heavy atom. The molecule has 1 atom stereocenters. The van der Waals surface area contributed by atoms with Crippen LogP contribution in [0.3, 0.4) is 0 Å². The zero-order chi connectivity index (χ0) is 21.0. The minimum atomic E-state index is -0.387. The van der Waals surface area contributed by atoms with Crippen LogP contribution in [0.4, 0.5) is 0 Å². The summed E-state index contributed by atoms with van der Waals surface area (Å²) in [5.41, 5.74) is 3.01. The minimum absolute atomic E-state index is 0.00242. The average Bonchev–Trinajstić information content (AvgIpc) is 2.84. The number of rotatable bonds is 5. The first-order valence-electron chi connectivity index (χ1n) is 10.8. The van der Waals surface area contributed by atoms with E-state index in [1.807, 2.05) is 54.6 Å². The molecule has 3 aromatic rings. The number of fused-ring (bicyclic) bond motifs is 2. The van der Waals surface area contributed by atoms with Crippen LogP contribution in [0.15, 0.2) is 78.9 Å². The summed E-state index contributed by atoms with van der Waals surface area (Å²) in [5, 5.41) is 3.25. The first-order chi connectivity index (χ1) is 15.3. The highest BCUT2D eigenvalue weighted by atomic mass is 16.5. The number of carbonyl (C=O) groups excluding carboxylic acids is 1. The number of ether oxygens (including phenoxy) is 2. The van der Waals surface area contributed by atoms with Crippen LogP contribution in [0.2, 0.25) is 0 Å². The highest BCUT2D eigenvalue weighted by molar-refractivity contribution is 5.89. The van der Waals surface area contributed by atoms with E-state index in [9.17, 15) is 4.79 Å². The lowest BCUT2D eigenvalue weighted by Crippen LogP contribution is -2.44. The second-order valence-corrected chi connectivity index (χ2v) is 7.93. The van der Waals surface area contributed by atoms with Crippen molar-refractivity contribution in [3.8, 4) is 11.5 Å². The molecule has 0 unspecified atom stereocenters. The lowest BCUT2D eigenvalue weighted by Gasteiger charge is -2.35. The first-order valence-corrected chi connectivity index (χ1v) is 10.8. The van der Waals surface area contributed by atoms with Gasteiger partial charge in [0, 0.05) is 30.8 Å². The van der Waals surface area contributed by atoms with Crippen molar-refractivity contribution in [2.45, 2.75) is 12.0 Å². The van der Waals surface area contributed by atoms with Crippen LogP contribution >= 0.6 is 0 Å². The molecule has 2 aliphatic heterocycles. The monoisotopic (exact) mass is 414 g/mol. The maximum absolute atomic E-state index is 13.5. The highest BCUT2D eigenvalue weighted by Gasteiger charge is 2.33. The molecule has 1 fully saturated rings. The van der Waals surface area contributed by atoms with Crippen molar-refractivity contribution in [2.24, 2.45) is 0 Å². The molecule has 2 aliphatic rings. The van der Waals surface area contributed by atoms with Crippen molar-refractivity contribution in [3.05, 3.63) is 95.6 Å². The molecular formula is C26H26N2O3. The summed E-state index contributed by atoms with van der Waals surface area (Å²) in [6.45, 7) is 3.71. The minimum Gasteiger partial charge on any atom is -0.457 e. The van der Waals surface area contributed by atoms with E-state index < -0.39 is 0 Å². The Balaban J connectivity index is 1.40. The molecule has 0 bridgehead atoms. The fourth-order valence-electron chi connectivity index (χ4n) is 4.51. The lowest BCUT2D eigenvalue weighted by molar-refractivity contribution is -0.122. The zero-order valence-electron chi connectivity index (χ0n) is 17.4. The van der Waals surface area contributed by atoms with Gasteiger partial charge in [0.25, 0.3) is 0 Å². The molecule has 0 saturated carbocycles. The third kappa shape index (κ3) is 4.07. The molecule has 2 heterocycles. The van der Waals surface area contributed by atoms with Crippen LogP contribution in [0, 0.1) is 0 Å². The molecule has 1 amide bonds. The van der Waals surface area contributed by atoms with E-state index >= 15 is 0 Å². The lowest BCUT2D eigenvalue weighted by atomic mass is 9.87. The van der Waals surface area contributed by atoms with Crippen LogP contribution in [-0.2, 0) is 9.53 Å². The number of amides is 1. The summed E-state index contributed by atoms with van der Waals surface area (Å²) in [5.74, 6) is 1.10. The number of hydrogen-bond acceptors (Lipinski definition) is 4. The molecule has 0 aliphatic carbocycles. The smallest absolute Gasteiger partial charge is 0.232 e. The highest BCUT2D eigenvalue weighted by Crippen LogP contribution is 2.43. The molecule has 1 saturated heterocycles. The Hall–Kier alpha value is -3.15. The van der Waals surface area contributed by atoms with Crippen LogP contribution in [0.25, 0.3) is 0 Å². The zero-order valence-corrected chi connectivity index (χ0v) is 17.4. The number of benzene rings is 3. The third-order valence-electron chi connectivity index (χ3n) is 6.08. The quantitative estimate of drug-likeness (QED) is 0.683. The van der Waals surface area contributed by atoms with E-state index in [2.05, 4.69) is 34.5 Å². The second-order valence-electron chi connectivity index (χ2n) is 7.93. The molecule has 0 aromatic heterocycles. The Morgan fingerprint density at radius 2 is 1.45 bits per heavy atom. The van der Waals surface area contributed by atoms with E-state index in [1.54, 1.807) is 0 Å². The van der Waals surface area contributed by atoms with E-state index in [0.29, 0.717) is 6.54 Å². The fraction of sp³-hybridized carbons (Fsp3) is 0.269. The molecule has 5 heteroatoms. The van der Waals surface area contributed by atoms with Crippen LogP contribution in [0.5, 0.6) is 11.5 Å². The average molecular weight is 415 g/mol. The standard InChI is InChI=1S/C26H26N2O3/c29-26(25-20-10-4-6-12-23(20)31-24-13-7-5-11-21(24)25)27-18-22(19-8-2-1-3-9-19)28-14-16-30-17-15-28/h1-13,22,25H,14-18H2,(H,27,29)/t22-/m0/s1. The predicted octanol–water partition coefficient (Wildman–Crippen LogP) is 4.11. The summed E-state index contributed by atoms with van der Waals surface area (Å²) in [6.07, 6.45) is 0. The first kappa shape index (κ1) is 19.8. The topological polar surface area (TPSA) is 50.8 Å². The molecule has 158 valence electrons. The number of nitrogens with one attached hydrogen (secondary N) is 1. The van der Waals surface area contributed by atoms with E-state index in [4.69, 9.17) is 9.47 Å². The van der Waals surface area contributed by atoms with E-state index in [1.165, 1.54) is 5.56 Å². The Kier molecular flexibility index (Phi) is 5.69. The van der Waals surface area contributed by atoms with Crippen molar-refractivity contribution in [1.82, 2.24) is 10.2 Å². The van der Waals surface area contributed by atoms with Crippen molar-refractivity contribution < 1.29 is 14.3 Å². The number of morpholine rings is 1. The van der Waals surface area contributed by atoms with Crippen LogP contribution < -0.4 is 10.1 Å². The molecular weight excluding hydrogens is 388 g/mol. The summed E-state index contributed by atoms with van der Waals surface area (Å²) in [4.78, 5) is 15.9. The van der Waals surface area contributed by atoms with Crippen molar-refractivity contribution in [2.75, 3.05) is 32.8 Å². The third-order valence-corrected chi connectivity index (χ3v) is 6.08. The van der Waals surface area contributed by atoms with Crippen LogP contribution in [-0.4, -0.2) is 43.7 Å². The van der Waals surface area contributed by atoms with Crippen LogP contribution in [0.1, 0.15) is 28.7 Å². The summed E-state index contributed by atoms with van der Waals surface area (Å²) in [7, 11) is 0. The summed E-state index contributed by atoms with van der Waals surface area (Å²) >= 11 is 0. The molecule has 0 spiro atoms. The van der Waals surface area contributed by atoms with Crippen molar-refractivity contribution in [1.29, 1.82) is 0 Å². The van der Waals surface area contributed by atoms with Gasteiger partial charge in [-0.2, -0.15) is 0 Å². The van der Waals surface area contributed by atoms with Gasteiger partial charge in [-0.3, -0.25) is 9.69 Å². The Bertz CT molecular complexity index is 1000. The van der Waals surface area contributed by atoms with Gasteiger partial charge in [0.15, 0.2) is 0 Å². The second kappa shape index (κ2) is 8.92. The summed E-state index contributed by atoms with van der Waals surface area (Å²) in [6, 6.07) is 26.1. The van der Waals surface area contributed by atoms with E-state index in [0.717, 1.165) is 48.9 Å². The number of carbonyl (C=O) groups is 1. The van der Waals surface area contributed by atoms with Gasteiger partial charge < -0.3 is 14.8 Å². The molecule has 3 aromatic carbocycles. The maximum atomic E-state index is 13.5. The maximum Gasteiger partial charge on any atom is 0.232 e. The Labute approximate surface area is 182 Å². The van der Waals surface area contributed by atoms with Crippen molar-refractivity contribution in [3.63, 3.8) is 0 Å². The van der Waals surface area contributed by atoms with Gasteiger partial charge in [-0.25, -0.2) is 0 Å². The summed E-state index contributed by atoms with van der Waals surface area (Å²) < 4.78 is 11.6. The number of para-hydroxylation sites is 2. The van der Waals surface area contributed by atoms with Gasteiger partial charge in [-0.05, 0) is 17.7 Å². The van der Waals surface area contributed by atoms with Crippen molar-refractivity contribution >= 4 is 5.91 Å². The molecule has 0 radical (unpaired) electrons. The SMILES string of the molecule is O=C(NC[C@@H](c1ccccc1)N1CCOCC1)C1c2ccccc2Oc2ccccc21. The number of nitrogens with zero attached hydrogens (tertiary/aromatic N) is 1. The van der Waals surface area contributed by atoms with Gasteiger partial charge in [0.05, 0.1) is 25.2 Å². The van der Waals surface area contributed by atoms with Gasteiger partial charge in [-0.15, -0.1) is 0 Å². The van der Waals surface area contributed by atoms with E-state index in [-0.39, 0.29) is 17.9 Å². The predicted molar refractivity (Wildman–Crippen MR) is 119 cm³/mol.